The van der Waals surface area contributed by atoms with E-state index < -0.39 is 28.5 Å². The Kier molecular flexibility index (Phi) is 8.20. The van der Waals surface area contributed by atoms with E-state index in [2.05, 4.69) is 9.94 Å². The molecule has 1 aromatic heterocycles. The van der Waals surface area contributed by atoms with Crippen molar-refractivity contribution < 1.29 is 60.8 Å². The smallest absolute Gasteiger partial charge is 0.540 e. The fraction of sp³-hybridized carbons (Fsp3) is 0.158. The summed E-state index contributed by atoms with van der Waals surface area (Å²) in [7, 11) is -4.08. The summed E-state index contributed by atoms with van der Waals surface area (Å²) in [6.45, 7) is 1.26. The molecule has 0 aliphatic carbocycles. The largest absolute Gasteiger partial charge is 1.00 e. The zero-order chi connectivity index (χ0) is 21.9. The number of benzene rings is 2. The number of carbonyl (C=O) groups excluding carboxylic acids is 1. The first-order valence-electron chi connectivity index (χ1n) is 8.45. The van der Waals surface area contributed by atoms with Crippen LogP contribution in [-0.2, 0) is 25.8 Å². The Morgan fingerprint density at radius 2 is 1.71 bits per heavy atom. The molecule has 1 heterocycles. The van der Waals surface area contributed by atoms with Gasteiger partial charge in [0.05, 0.1) is 16.3 Å². The Morgan fingerprint density at radius 3 is 2.26 bits per heavy atom. The van der Waals surface area contributed by atoms with E-state index >= 15 is 0 Å². The van der Waals surface area contributed by atoms with E-state index in [9.17, 15) is 26.4 Å². The molecule has 12 heteroatoms. The minimum Gasteiger partial charge on any atom is -0.540 e. The van der Waals surface area contributed by atoms with Crippen LogP contribution >= 0.6 is 0 Å². The van der Waals surface area contributed by atoms with Gasteiger partial charge in [-0.3, -0.25) is 0 Å². The van der Waals surface area contributed by atoms with Crippen molar-refractivity contribution in [2.45, 2.75) is 18.0 Å². The first-order valence-corrected chi connectivity index (χ1v) is 9.93. The van der Waals surface area contributed by atoms with Gasteiger partial charge >= 0.3 is 35.7 Å². The number of alkyl halides is 3. The topological polar surface area (TPSA) is 90.3 Å². The van der Waals surface area contributed by atoms with Crippen LogP contribution in [0.4, 0.5) is 13.2 Å². The van der Waals surface area contributed by atoms with Crippen LogP contribution in [0.3, 0.4) is 0 Å². The molecule has 0 aliphatic heterocycles. The maximum atomic E-state index is 13.2. The summed E-state index contributed by atoms with van der Waals surface area (Å²) in [6, 6.07) is 12.8. The van der Waals surface area contributed by atoms with Crippen LogP contribution in [-0.4, -0.2) is 31.1 Å². The van der Waals surface area contributed by atoms with Gasteiger partial charge in [-0.2, -0.15) is 18.3 Å². The van der Waals surface area contributed by atoms with Crippen molar-refractivity contribution in [2.75, 3.05) is 6.61 Å². The second-order valence-corrected chi connectivity index (χ2v) is 7.85. The van der Waals surface area contributed by atoms with E-state index in [0.717, 1.165) is 16.3 Å². The van der Waals surface area contributed by atoms with Gasteiger partial charge in [-0.15, -0.1) is 0 Å². The van der Waals surface area contributed by atoms with Crippen molar-refractivity contribution in [2.24, 2.45) is 0 Å². The van der Waals surface area contributed by atoms with E-state index in [1.807, 2.05) is 6.92 Å². The Hall–Kier alpha value is -2.02. The molecule has 1 N–H and O–H groups in total. The van der Waals surface area contributed by atoms with Crippen molar-refractivity contribution in [1.82, 2.24) is 14.7 Å². The summed E-state index contributed by atoms with van der Waals surface area (Å²) in [5, 5.41) is 3.66. The predicted molar refractivity (Wildman–Crippen MR) is 101 cm³/mol. The molecule has 0 atom stereocenters. The van der Waals surface area contributed by atoms with Gasteiger partial charge < -0.3 is 9.63 Å². The maximum absolute atomic E-state index is 13.2. The van der Waals surface area contributed by atoms with Crippen molar-refractivity contribution in [3.63, 3.8) is 0 Å². The molecule has 0 bridgehead atoms. The second-order valence-electron chi connectivity index (χ2n) is 6.20. The minimum atomic E-state index is -4.65. The number of nitrogens with zero attached hydrogens (tertiary/aromatic N) is 2. The maximum Gasteiger partial charge on any atom is 1.00 e. The second kappa shape index (κ2) is 10.1. The molecule has 0 saturated carbocycles. The number of nitrogens with one attached hydrogen (secondary N) is 1. The number of sulfonamides is 1. The van der Waals surface area contributed by atoms with Gasteiger partial charge in [0.2, 0.25) is 0 Å². The molecule has 0 spiro atoms. The normalized spacial score (nSPS) is 11.7. The van der Waals surface area contributed by atoms with Crippen LogP contribution in [0.25, 0.3) is 16.9 Å². The number of aromatic nitrogens is 2. The third kappa shape index (κ3) is 6.03. The van der Waals surface area contributed by atoms with Gasteiger partial charge in [0.15, 0.2) is 5.69 Å². The zero-order valence-corrected chi connectivity index (χ0v) is 19.3. The summed E-state index contributed by atoms with van der Waals surface area (Å²) >= 11 is 0. The fourth-order valence-corrected chi connectivity index (χ4v) is 3.40. The quantitative estimate of drug-likeness (QED) is 0.235. The molecular weight excluding hydrogens is 446 g/mol. The van der Waals surface area contributed by atoms with E-state index in [-0.39, 0.29) is 45.8 Å². The van der Waals surface area contributed by atoms with Crippen LogP contribution in [0.15, 0.2) is 59.5 Å². The summed E-state index contributed by atoms with van der Waals surface area (Å²) in [4.78, 5) is 16.1. The molecule has 3 aromatic rings. The molecule has 0 fully saturated rings. The molecule has 7 nitrogen and oxygen atoms in total. The molecule has 158 valence electrons. The summed E-state index contributed by atoms with van der Waals surface area (Å²) < 4.78 is 65.0. The van der Waals surface area contributed by atoms with Gasteiger partial charge in [-0.05, 0) is 43.9 Å². The molecule has 0 aliphatic rings. The molecule has 3 rings (SSSR count). The van der Waals surface area contributed by atoms with Crippen LogP contribution in [0, 0.1) is 6.92 Å². The number of halogens is 3. The average molecular weight is 461 g/mol. The van der Waals surface area contributed by atoms with E-state index in [1.165, 1.54) is 30.6 Å². The third-order valence-corrected chi connectivity index (χ3v) is 5.27. The summed E-state index contributed by atoms with van der Waals surface area (Å²) in [5.41, 5.74) is 0.802. The van der Waals surface area contributed by atoms with E-state index in [1.54, 1.807) is 29.2 Å². The van der Waals surface area contributed by atoms with Crippen molar-refractivity contribution in [1.29, 1.82) is 0 Å². The number of hydrogen-bond acceptors (Lipinski definition) is 5. The zero-order valence-electron chi connectivity index (χ0n) is 16.5. The van der Waals surface area contributed by atoms with Gasteiger partial charge in [0.1, 0.15) is 0 Å². The monoisotopic (exact) mass is 461 g/mol. The minimum absolute atomic E-state index is 0. The predicted octanol–water partition coefficient (Wildman–Crippen LogP) is 0.190. The van der Waals surface area contributed by atoms with Crippen LogP contribution in [0.1, 0.15) is 11.3 Å². The van der Waals surface area contributed by atoms with Crippen LogP contribution < -0.4 is 34.4 Å². The summed E-state index contributed by atoms with van der Waals surface area (Å²) in [6.07, 6.45) is -3.29. The standard InChI is InChI=1S/C19H15F3N3O4S.Na/c1-13-2-4-14(5-3-13)17-12-18(19(20,21)22)23-25(17)15-6-8-16(9-7-15)30(27,28)24-29-11-10-26;/h2-9,12,24H,11H2,1H3;/q-1;+1. The van der Waals surface area contributed by atoms with Crippen molar-refractivity contribution in [3.05, 3.63) is 65.9 Å². The molecule has 0 radical (unpaired) electrons. The van der Waals surface area contributed by atoms with Gasteiger partial charge in [-0.1, -0.05) is 34.7 Å². The Bertz CT molecular complexity index is 1150. The average Bonchev–Trinajstić information content (AvgIpc) is 3.15. The Balaban J connectivity index is 0.00000341. The molecule has 0 saturated heterocycles. The van der Waals surface area contributed by atoms with E-state index in [4.69, 9.17) is 0 Å². The third-order valence-electron chi connectivity index (χ3n) is 4.04. The Morgan fingerprint density at radius 1 is 1.10 bits per heavy atom. The number of rotatable bonds is 7. The van der Waals surface area contributed by atoms with Crippen LogP contribution in [0.5, 0.6) is 0 Å². The van der Waals surface area contributed by atoms with Crippen LogP contribution in [0.2, 0.25) is 0 Å². The first kappa shape index (κ1) is 25.2. The number of hydrogen-bond donors (Lipinski definition) is 1. The van der Waals surface area contributed by atoms with Crippen molar-refractivity contribution in [3.8, 4) is 16.9 Å². The molecule has 0 unspecified atom stereocenters. The summed E-state index contributed by atoms with van der Waals surface area (Å²) in [5.74, 6) is 0. The first-order chi connectivity index (χ1) is 14.1. The van der Waals surface area contributed by atoms with Gasteiger partial charge in [0, 0.05) is 5.56 Å². The Labute approximate surface area is 198 Å². The van der Waals surface area contributed by atoms with E-state index in [0.29, 0.717) is 5.56 Å². The molecule has 31 heavy (non-hydrogen) atoms. The molecule has 0 amide bonds. The van der Waals surface area contributed by atoms with Gasteiger partial charge in [-0.25, -0.2) is 19.4 Å². The van der Waals surface area contributed by atoms with Gasteiger partial charge in [0.25, 0.3) is 10.0 Å². The SMILES string of the molecule is Cc1ccc(-c2cc(C(F)(F)F)nn2-c2ccc(S(=O)(=O)NOC[C-]=O)cc2)cc1.[Na+]. The fourth-order valence-electron chi connectivity index (χ4n) is 2.60. The van der Waals surface area contributed by atoms with Crippen molar-refractivity contribution >= 4 is 16.3 Å². The molecular formula is C19H15F3N3NaO4S. The molecule has 2 aromatic carbocycles. The number of aryl methyl sites for hydroxylation is 1.